The van der Waals surface area contributed by atoms with E-state index in [1.54, 1.807) is 13.0 Å². The number of anilines is 1. The summed E-state index contributed by atoms with van der Waals surface area (Å²) in [5.74, 6) is -3.25. The molecule has 0 saturated carbocycles. The van der Waals surface area contributed by atoms with Crippen molar-refractivity contribution >= 4 is 29.6 Å². The van der Waals surface area contributed by atoms with Crippen molar-refractivity contribution in [1.29, 1.82) is 0 Å². The quantitative estimate of drug-likeness (QED) is 0.482. The van der Waals surface area contributed by atoms with Crippen LogP contribution in [0.2, 0.25) is 0 Å². The number of hydrogen-bond donors (Lipinski definition) is 2. The first kappa shape index (κ1) is 23.9. The predicted octanol–water partition coefficient (Wildman–Crippen LogP) is 2.24. The lowest BCUT2D eigenvalue weighted by Crippen LogP contribution is -2.48. The number of esters is 3. The Hall–Kier alpha value is -3.79. The molecular formula is C23H24FN3O6. The number of urea groups is 1. The smallest absolute Gasteiger partial charge is 0.338 e. The van der Waals surface area contributed by atoms with E-state index in [2.05, 4.69) is 5.32 Å². The van der Waals surface area contributed by atoms with E-state index in [0.717, 1.165) is 4.90 Å². The number of carbonyl (C=O) groups excluding carboxylic acids is 4. The van der Waals surface area contributed by atoms with Crippen LogP contribution < -0.4 is 16.0 Å². The fraction of sp³-hybridized carbons (Fsp3) is 0.304. The maximum Gasteiger partial charge on any atom is 0.338 e. The molecule has 174 valence electrons. The number of nitrogens with one attached hydrogen (secondary N) is 1. The van der Waals surface area contributed by atoms with Gasteiger partial charge in [0.25, 0.3) is 0 Å². The number of rotatable bonds is 7. The molecule has 0 spiro atoms. The molecule has 0 radical (unpaired) electrons. The third-order valence-electron chi connectivity index (χ3n) is 5.27. The zero-order valence-corrected chi connectivity index (χ0v) is 18.0. The van der Waals surface area contributed by atoms with Crippen LogP contribution in [0.4, 0.5) is 14.9 Å². The average molecular weight is 457 g/mol. The second-order valence-corrected chi connectivity index (χ2v) is 7.37. The molecule has 0 aromatic heterocycles. The van der Waals surface area contributed by atoms with Crippen molar-refractivity contribution in [1.82, 2.24) is 5.32 Å². The van der Waals surface area contributed by atoms with E-state index in [1.165, 1.54) is 42.5 Å². The standard InChI is InChI=1S/C23H24FN3O6/c1-2-32-20(29)15-7-5-8-16(13-15)27(22(25)31)14-19(28)33-21(30)23(11-6-12-26-23)17-9-3-4-10-18(17)24/h3-5,7-10,13,26H,2,6,11-12,14H2,1H3,(H2,25,31). The van der Waals surface area contributed by atoms with Gasteiger partial charge < -0.3 is 15.2 Å². The summed E-state index contributed by atoms with van der Waals surface area (Å²) in [4.78, 5) is 50.4. The van der Waals surface area contributed by atoms with Gasteiger partial charge in [0.15, 0.2) is 0 Å². The van der Waals surface area contributed by atoms with Crippen molar-refractivity contribution in [2.24, 2.45) is 5.73 Å². The average Bonchev–Trinajstić information content (AvgIpc) is 3.29. The molecule has 2 aromatic rings. The first-order chi connectivity index (χ1) is 15.8. The van der Waals surface area contributed by atoms with E-state index in [9.17, 15) is 23.6 Å². The lowest BCUT2D eigenvalue weighted by Gasteiger charge is -2.28. The SMILES string of the molecule is CCOC(=O)c1cccc(N(CC(=O)OC(=O)C2(c3ccccc3F)CCCN2)C(N)=O)c1. The molecule has 2 aromatic carbocycles. The largest absolute Gasteiger partial charge is 0.462 e. The highest BCUT2D eigenvalue weighted by molar-refractivity contribution is 6.00. The van der Waals surface area contributed by atoms with E-state index >= 15 is 0 Å². The van der Waals surface area contributed by atoms with Gasteiger partial charge in [0.05, 0.1) is 12.2 Å². The Kier molecular flexibility index (Phi) is 7.39. The number of primary amides is 1. The molecule has 2 amide bonds. The van der Waals surface area contributed by atoms with Crippen LogP contribution in [0, 0.1) is 5.82 Å². The number of carbonyl (C=O) groups is 4. The molecule has 3 N–H and O–H groups in total. The Balaban J connectivity index is 1.78. The van der Waals surface area contributed by atoms with E-state index < -0.39 is 41.8 Å². The summed E-state index contributed by atoms with van der Waals surface area (Å²) in [6.45, 7) is 1.55. The van der Waals surface area contributed by atoms with Crippen molar-refractivity contribution in [3.05, 3.63) is 65.5 Å². The molecule has 1 unspecified atom stereocenters. The summed E-state index contributed by atoms with van der Waals surface area (Å²) in [7, 11) is 0. The lowest BCUT2D eigenvalue weighted by molar-refractivity contribution is -0.163. The molecule has 0 bridgehead atoms. The summed E-state index contributed by atoms with van der Waals surface area (Å²) in [6.07, 6.45) is 0.812. The van der Waals surface area contributed by atoms with E-state index in [4.69, 9.17) is 15.2 Å². The second-order valence-electron chi connectivity index (χ2n) is 7.37. The number of benzene rings is 2. The third-order valence-corrected chi connectivity index (χ3v) is 5.27. The fourth-order valence-electron chi connectivity index (χ4n) is 3.73. The zero-order valence-electron chi connectivity index (χ0n) is 18.0. The van der Waals surface area contributed by atoms with Gasteiger partial charge in [-0.25, -0.2) is 23.6 Å². The van der Waals surface area contributed by atoms with Crippen molar-refractivity contribution in [2.45, 2.75) is 25.3 Å². The molecule has 33 heavy (non-hydrogen) atoms. The Morgan fingerprint density at radius 1 is 1.15 bits per heavy atom. The highest BCUT2D eigenvalue weighted by Gasteiger charge is 2.46. The Morgan fingerprint density at radius 3 is 2.55 bits per heavy atom. The molecule has 1 atom stereocenters. The van der Waals surface area contributed by atoms with Crippen molar-refractivity contribution in [3.8, 4) is 0 Å². The summed E-state index contributed by atoms with van der Waals surface area (Å²) in [5, 5.41) is 2.95. The van der Waals surface area contributed by atoms with Gasteiger partial charge in [-0.3, -0.25) is 10.2 Å². The number of nitrogens with zero attached hydrogens (tertiary/aromatic N) is 1. The molecule has 1 saturated heterocycles. The molecule has 9 nitrogen and oxygen atoms in total. The van der Waals surface area contributed by atoms with Gasteiger partial charge in [-0.15, -0.1) is 0 Å². The molecule has 0 aliphatic carbocycles. The Labute approximate surface area is 189 Å². The van der Waals surface area contributed by atoms with Crippen LogP contribution in [0.3, 0.4) is 0 Å². The monoisotopic (exact) mass is 457 g/mol. The predicted molar refractivity (Wildman–Crippen MR) is 116 cm³/mol. The molecule has 3 rings (SSSR count). The maximum atomic E-state index is 14.4. The van der Waals surface area contributed by atoms with Crippen molar-refractivity contribution in [2.75, 3.05) is 24.6 Å². The molecule has 1 fully saturated rings. The molecular weight excluding hydrogens is 433 g/mol. The molecule has 1 aliphatic heterocycles. The summed E-state index contributed by atoms with van der Waals surface area (Å²) in [5.41, 5.74) is 4.27. The van der Waals surface area contributed by atoms with Crippen LogP contribution in [-0.2, 0) is 24.6 Å². The highest BCUT2D eigenvalue weighted by atomic mass is 19.1. The van der Waals surface area contributed by atoms with Gasteiger partial charge in [0.1, 0.15) is 17.9 Å². The number of amides is 2. The summed E-state index contributed by atoms with van der Waals surface area (Å²) < 4.78 is 24.4. The lowest BCUT2D eigenvalue weighted by atomic mass is 9.88. The highest BCUT2D eigenvalue weighted by Crippen LogP contribution is 2.34. The number of ether oxygens (including phenoxy) is 2. The fourth-order valence-corrected chi connectivity index (χ4v) is 3.73. The number of hydrogen-bond acceptors (Lipinski definition) is 7. The number of halogens is 1. The normalized spacial score (nSPS) is 17.3. The van der Waals surface area contributed by atoms with Crippen LogP contribution >= 0.6 is 0 Å². The van der Waals surface area contributed by atoms with Crippen molar-refractivity contribution in [3.63, 3.8) is 0 Å². The van der Waals surface area contributed by atoms with Crippen LogP contribution in [0.15, 0.2) is 48.5 Å². The van der Waals surface area contributed by atoms with Gasteiger partial charge in [0, 0.05) is 11.3 Å². The maximum absolute atomic E-state index is 14.4. The van der Waals surface area contributed by atoms with Gasteiger partial charge in [-0.1, -0.05) is 24.3 Å². The second kappa shape index (κ2) is 10.2. The number of nitrogens with two attached hydrogens (primary N) is 1. The molecule has 1 aliphatic rings. The van der Waals surface area contributed by atoms with Gasteiger partial charge >= 0.3 is 23.9 Å². The van der Waals surface area contributed by atoms with Gasteiger partial charge in [-0.2, -0.15) is 0 Å². The molecule has 1 heterocycles. The Bertz CT molecular complexity index is 1070. The minimum Gasteiger partial charge on any atom is -0.462 e. The van der Waals surface area contributed by atoms with Crippen LogP contribution in [0.25, 0.3) is 0 Å². The van der Waals surface area contributed by atoms with Crippen molar-refractivity contribution < 1.29 is 33.0 Å². The van der Waals surface area contributed by atoms with Crippen LogP contribution in [-0.4, -0.2) is 43.6 Å². The van der Waals surface area contributed by atoms with Crippen LogP contribution in [0.1, 0.15) is 35.7 Å². The minimum absolute atomic E-state index is 0.0780. The first-order valence-electron chi connectivity index (χ1n) is 10.4. The van der Waals surface area contributed by atoms with E-state index in [-0.39, 0.29) is 29.8 Å². The van der Waals surface area contributed by atoms with Crippen LogP contribution in [0.5, 0.6) is 0 Å². The van der Waals surface area contributed by atoms with Gasteiger partial charge in [-0.05, 0) is 50.6 Å². The summed E-state index contributed by atoms with van der Waals surface area (Å²) in [6, 6.07) is 10.5. The van der Waals surface area contributed by atoms with E-state index in [0.29, 0.717) is 13.0 Å². The van der Waals surface area contributed by atoms with E-state index in [1.807, 2.05) is 0 Å². The third kappa shape index (κ3) is 5.17. The van der Waals surface area contributed by atoms with Gasteiger partial charge in [0.2, 0.25) is 0 Å². The Morgan fingerprint density at radius 2 is 1.91 bits per heavy atom. The minimum atomic E-state index is -1.51. The first-order valence-corrected chi connectivity index (χ1v) is 10.4. The summed E-state index contributed by atoms with van der Waals surface area (Å²) >= 11 is 0. The zero-order chi connectivity index (χ0) is 24.0. The molecule has 10 heteroatoms. The topological polar surface area (TPSA) is 128 Å².